The molecule has 0 fully saturated rings. The van der Waals surface area contributed by atoms with E-state index in [0.29, 0.717) is 11.2 Å². The highest BCUT2D eigenvalue weighted by atomic mass is 79.9. The smallest absolute Gasteiger partial charge is 0.264 e. The van der Waals surface area contributed by atoms with Crippen molar-refractivity contribution in [2.24, 2.45) is 0 Å². The van der Waals surface area contributed by atoms with E-state index in [1.807, 2.05) is 66.7 Å². The number of pyridine rings is 1. The van der Waals surface area contributed by atoms with Crippen molar-refractivity contribution in [2.75, 3.05) is 0 Å². The van der Waals surface area contributed by atoms with Crippen LogP contribution in [-0.4, -0.2) is 9.38 Å². The second kappa shape index (κ2) is 4.89. The Labute approximate surface area is 145 Å². The Bertz CT molecular complexity index is 1280. The van der Waals surface area contributed by atoms with Gasteiger partial charge in [-0.15, -0.1) is 0 Å². The van der Waals surface area contributed by atoms with E-state index < -0.39 is 0 Å². The highest BCUT2D eigenvalue weighted by Crippen LogP contribution is 2.35. The fourth-order valence-corrected chi connectivity index (χ4v) is 3.92. The lowest BCUT2D eigenvalue weighted by atomic mass is 10.1. The largest absolute Gasteiger partial charge is 0.268 e. The monoisotopic (exact) mass is 374 g/mol. The first-order chi connectivity index (χ1) is 11.8. The van der Waals surface area contributed by atoms with E-state index in [9.17, 15) is 4.79 Å². The van der Waals surface area contributed by atoms with Crippen molar-refractivity contribution < 1.29 is 0 Å². The van der Waals surface area contributed by atoms with Crippen LogP contribution in [0.4, 0.5) is 0 Å². The first-order valence-electron chi connectivity index (χ1n) is 7.66. The molecule has 3 nitrogen and oxygen atoms in total. The number of nitrogens with zero attached hydrogens (tertiary/aromatic N) is 2. The molecule has 0 aliphatic heterocycles. The van der Waals surface area contributed by atoms with E-state index in [-0.39, 0.29) is 5.56 Å². The molecule has 0 atom stereocenters. The number of rotatable bonds is 1. The van der Waals surface area contributed by atoms with Crippen LogP contribution in [0.25, 0.3) is 38.6 Å². The van der Waals surface area contributed by atoms with Gasteiger partial charge in [0.05, 0.1) is 11.0 Å². The van der Waals surface area contributed by atoms with E-state index in [0.717, 1.165) is 31.8 Å². The van der Waals surface area contributed by atoms with Gasteiger partial charge in [0, 0.05) is 20.8 Å². The van der Waals surface area contributed by atoms with Gasteiger partial charge in [-0.1, -0.05) is 64.5 Å². The zero-order valence-electron chi connectivity index (χ0n) is 12.5. The molecular weight excluding hydrogens is 364 g/mol. The molecule has 5 aromatic rings. The maximum absolute atomic E-state index is 13.2. The minimum Gasteiger partial charge on any atom is -0.268 e. The van der Waals surface area contributed by atoms with Crippen LogP contribution in [0.5, 0.6) is 0 Å². The van der Waals surface area contributed by atoms with Gasteiger partial charge >= 0.3 is 0 Å². The Morgan fingerprint density at radius 1 is 0.833 bits per heavy atom. The third-order valence-corrected chi connectivity index (χ3v) is 5.09. The van der Waals surface area contributed by atoms with Crippen LogP contribution in [0.3, 0.4) is 0 Å². The zero-order chi connectivity index (χ0) is 16.3. The molecule has 4 heteroatoms. The first kappa shape index (κ1) is 13.7. The number of benzene rings is 3. The van der Waals surface area contributed by atoms with Crippen LogP contribution >= 0.6 is 15.9 Å². The quantitative estimate of drug-likeness (QED) is 0.392. The summed E-state index contributed by atoms with van der Waals surface area (Å²) in [5.74, 6) is 0.685. The molecule has 0 amide bonds. The van der Waals surface area contributed by atoms with Gasteiger partial charge < -0.3 is 0 Å². The summed E-state index contributed by atoms with van der Waals surface area (Å²) in [6, 6.07) is 21.5. The predicted molar refractivity (Wildman–Crippen MR) is 101 cm³/mol. The van der Waals surface area contributed by atoms with Crippen molar-refractivity contribution in [3.63, 3.8) is 0 Å². The Balaban J connectivity index is 2.12. The van der Waals surface area contributed by atoms with Crippen LogP contribution < -0.4 is 5.56 Å². The van der Waals surface area contributed by atoms with E-state index in [4.69, 9.17) is 4.98 Å². The summed E-state index contributed by atoms with van der Waals surface area (Å²) in [5.41, 5.74) is 2.60. The van der Waals surface area contributed by atoms with Gasteiger partial charge in [0.15, 0.2) is 0 Å². The minimum absolute atomic E-state index is 0.0300. The molecule has 2 heterocycles. The summed E-state index contributed by atoms with van der Waals surface area (Å²) >= 11 is 3.65. The molecule has 3 aromatic carbocycles. The van der Waals surface area contributed by atoms with Crippen molar-refractivity contribution in [1.82, 2.24) is 9.38 Å². The van der Waals surface area contributed by atoms with Gasteiger partial charge in [-0.25, -0.2) is 4.98 Å². The van der Waals surface area contributed by atoms with Gasteiger partial charge in [-0.05, 0) is 23.6 Å². The van der Waals surface area contributed by atoms with Crippen LogP contribution in [0.1, 0.15) is 0 Å². The Morgan fingerprint density at radius 2 is 1.54 bits per heavy atom. The van der Waals surface area contributed by atoms with Crippen molar-refractivity contribution >= 4 is 43.1 Å². The number of fused-ring (bicyclic) bond motifs is 2. The average Bonchev–Trinajstić information content (AvgIpc) is 3.01. The Morgan fingerprint density at radius 3 is 2.33 bits per heavy atom. The molecule has 0 aliphatic rings. The van der Waals surface area contributed by atoms with E-state index in [1.165, 1.54) is 0 Å². The number of halogens is 1. The summed E-state index contributed by atoms with van der Waals surface area (Å²) < 4.78 is 2.71. The third-order valence-electron chi connectivity index (χ3n) is 4.43. The number of imidazole rings is 1. The summed E-state index contributed by atoms with van der Waals surface area (Å²) in [7, 11) is 0. The average molecular weight is 375 g/mol. The van der Waals surface area contributed by atoms with E-state index in [1.54, 1.807) is 4.40 Å². The van der Waals surface area contributed by atoms with E-state index >= 15 is 0 Å². The number of aromatic nitrogens is 2. The molecule has 0 saturated heterocycles. The van der Waals surface area contributed by atoms with Crippen LogP contribution in [0, 0.1) is 0 Å². The predicted octanol–water partition coefficient (Wildman–Crippen LogP) is 4.87. The second-order valence-corrected chi connectivity index (χ2v) is 6.63. The summed E-state index contributed by atoms with van der Waals surface area (Å²) in [6.45, 7) is 0. The van der Waals surface area contributed by atoms with Crippen molar-refractivity contribution in [3.05, 3.63) is 81.6 Å². The fraction of sp³-hybridized carbons (Fsp3) is 0. The molecule has 0 N–H and O–H groups in total. The topological polar surface area (TPSA) is 34.4 Å². The number of hydrogen-bond donors (Lipinski definition) is 0. The third kappa shape index (κ3) is 1.72. The first-order valence-corrected chi connectivity index (χ1v) is 8.45. The van der Waals surface area contributed by atoms with Crippen molar-refractivity contribution in [1.29, 1.82) is 0 Å². The Hall–Kier alpha value is -2.72. The van der Waals surface area contributed by atoms with Crippen LogP contribution in [0.2, 0.25) is 0 Å². The maximum Gasteiger partial charge on any atom is 0.264 e. The number of hydrogen-bond acceptors (Lipinski definition) is 2. The van der Waals surface area contributed by atoms with Gasteiger partial charge in [0.2, 0.25) is 0 Å². The lowest BCUT2D eigenvalue weighted by Gasteiger charge is -2.08. The normalized spacial score (nSPS) is 11.7. The van der Waals surface area contributed by atoms with Crippen LogP contribution in [-0.2, 0) is 0 Å². The zero-order valence-corrected chi connectivity index (χ0v) is 14.1. The Kier molecular flexibility index (Phi) is 2.79. The van der Waals surface area contributed by atoms with E-state index in [2.05, 4.69) is 15.9 Å². The molecule has 0 aliphatic carbocycles. The molecule has 0 unspecified atom stereocenters. The summed E-state index contributed by atoms with van der Waals surface area (Å²) in [6.07, 6.45) is 0. The molecule has 24 heavy (non-hydrogen) atoms. The molecule has 5 rings (SSSR count). The van der Waals surface area contributed by atoms with Crippen molar-refractivity contribution in [3.8, 4) is 11.4 Å². The van der Waals surface area contributed by atoms with Crippen LogP contribution in [0.15, 0.2) is 76.0 Å². The standard InChI is InChI=1S/C20H11BrN2O/c21-15-10-11-16-18-17(15)13-8-4-5-9-14(13)20(24)23(18)19(22-16)12-6-2-1-3-7-12/h1-11H. The maximum atomic E-state index is 13.2. The molecule has 0 spiro atoms. The summed E-state index contributed by atoms with van der Waals surface area (Å²) in [5, 5.41) is 2.68. The lowest BCUT2D eigenvalue weighted by Crippen LogP contribution is -2.14. The van der Waals surface area contributed by atoms with Gasteiger partial charge in [0.1, 0.15) is 5.82 Å². The van der Waals surface area contributed by atoms with Gasteiger partial charge in [-0.3, -0.25) is 9.20 Å². The second-order valence-electron chi connectivity index (χ2n) is 5.78. The minimum atomic E-state index is -0.0300. The molecule has 0 radical (unpaired) electrons. The molecule has 114 valence electrons. The van der Waals surface area contributed by atoms with Gasteiger partial charge in [0.25, 0.3) is 5.56 Å². The highest BCUT2D eigenvalue weighted by molar-refractivity contribution is 9.10. The summed E-state index contributed by atoms with van der Waals surface area (Å²) in [4.78, 5) is 17.9. The molecular formula is C20H11BrN2O. The highest BCUT2D eigenvalue weighted by Gasteiger charge is 2.19. The molecule has 0 bridgehead atoms. The lowest BCUT2D eigenvalue weighted by molar-refractivity contribution is 1.13. The molecule has 0 saturated carbocycles. The van der Waals surface area contributed by atoms with Gasteiger partial charge in [-0.2, -0.15) is 0 Å². The molecule has 2 aromatic heterocycles. The fourth-order valence-electron chi connectivity index (χ4n) is 3.38. The SMILES string of the molecule is O=c1c2ccccc2c2c(Br)ccc3nc(-c4ccccc4)n1c32. The van der Waals surface area contributed by atoms with Crippen molar-refractivity contribution in [2.45, 2.75) is 0 Å².